The number of hydrogen-bond acceptors (Lipinski definition) is 5. The first-order chi connectivity index (χ1) is 18.7. The van der Waals surface area contributed by atoms with Gasteiger partial charge in [0.15, 0.2) is 0 Å². The minimum absolute atomic E-state index is 0.00178. The predicted octanol–water partition coefficient (Wildman–Crippen LogP) is 3.51. The highest BCUT2D eigenvalue weighted by molar-refractivity contribution is 9.09. The van der Waals surface area contributed by atoms with E-state index in [-0.39, 0.29) is 34.4 Å². The molecule has 0 radical (unpaired) electrons. The Morgan fingerprint density at radius 2 is 1.92 bits per heavy atom. The second-order valence-electron chi connectivity index (χ2n) is 10.9. The van der Waals surface area contributed by atoms with Crippen molar-refractivity contribution in [1.82, 2.24) is 14.7 Å². The van der Waals surface area contributed by atoms with Crippen molar-refractivity contribution in [2.24, 2.45) is 11.8 Å². The van der Waals surface area contributed by atoms with Crippen LogP contribution in [0, 0.1) is 11.8 Å². The second kappa shape index (κ2) is 12.6. The van der Waals surface area contributed by atoms with Gasteiger partial charge in [-0.3, -0.25) is 14.4 Å². The highest BCUT2D eigenvalue weighted by Crippen LogP contribution is 2.68. The number of fused-ring (bicyclic) bond motifs is 1. The summed E-state index contributed by atoms with van der Waals surface area (Å²) in [6, 6.07) is 8.37. The number of aliphatic hydroxyl groups excluding tert-OH is 1. The Morgan fingerprint density at radius 3 is 2.54 bits per heavy atom. The third-order valence-corrected chi connectivity index (χ3v) is 11.6. The fourth-order valence-electron chi connectivity index (χ4n) is 6.67. The molecule has 9 heteroatoms. The molecule has 0 aromatic heterocycles. The molecule has 4 rings (SSSR count). The van der Waals surface area contributed by atoms with Crippen LogP contribution in [0.4, 0.5) is 0 Å². The van der Waals surface area contributed by atoms with E-state index in [0.717, 1.165) is 18.4 Å². The Kier molecular flexibility index (Phi) is 9.65. The molecule has 3 aliphatic rings. The first-order valence-corrected chi connectivity index (χ1v) is 15.6. The molecule has 212 valence electrons. The van der Waals surface area contributed by atoms with E-state index in [1.807, 2.05) is 30.3 Å². The molecule has 2 bridgehead atoms. The summed E-state index contributed by atoms with van der Waals surface area (Å²) in [5.74, 6) is -1.59. The minimum atomic E-state index is -0.773. The maximum atomic E-state index is 14.5. The zero-order valence-electron chi connectivity index (χ0n) is 22.9. The number of carbonyl (C=O) groups excluding carboxylic acids is 3. The van der Waals surface area contributed by atoms with Gasteiger partial charge in [-0.25, -0.2) is 0 Å². The molecule has 3 unspecified atom stereocenters. The standard InChI is InChI=1S/C30H40BrN3O4S/c1-5-8-16-33(15-7-3)29(38)26-30-18-22(31)25(39-30)23(27(36)32(4)14-6-2)24(30)28(37)34(26)21(19-35)17-20-12-10-9-11-13-20/h6-7,9-13,21-26,35H,2-3,5,8,14-19H2,1,4H3/t21-,22?,23+,24+,25+,26?,30?/m1/s1. The number of amides is 3. The van der Waals surface area contributed by atoms with Gasteiger partial charge in [-0.05, 0) is 24.8 Å². The van der Waals surface area contributed by atoms with Crippen LogP contribution in [0.15, 0.2) is 55.6 Å². The van der Waals surface area contributed by atoms with E-state index in [1.54, 1.807) is 45.7 Å². The van der Waals surface area contributed by atoms with Crippen LogP contribution >= 0.6 is 27.7 Å². The average molecular weight is 619 g/mol. The molecule has 39 heavy (non-hydrogen) atoms. The van der Waals surface area contributed by atoms with Crippen molar-refractivity contribution in [2.75, 3.05) is 33.3 Å². The van der Waals surface area contributed by atoms with Crippen LogP contribution in [0.25, 0.3) is 0 Å². The topological polar surface area (TPSA) is 81.2 Å². The van der Waals surface area contributed by atoms with E-state index in [4.69, 9.17) is 0 Å². The first kappa shape index (κ1) is 29.9. The van der Waals surface area contributed by atoms with Crippen molar-refractivity contribution in [3.8, 4) is 0 Å². The number of likely N-dealkylation sites (N-methyl/N-ethyl adjacent to an activating group) is 1. The Hall–Kier alpha value is -2.10. The molecule has 0 aliphatic carbocycles. The first-order valence-electron chi connectivity index (χ1n) is 13.8. The van der Waals surface area contributed by atoms with Gasteiger partial charge in [0.05, 0.1) is 29.2 Å². The summed E-state index contributed by atoms with van der Waals surface area (Å²) in [6.07, 6.45) is 6.21. The number of carbonyl (C=O) groups is 3. The lowest BCUT2D eigenvalue weighted by molar-refractivity contribution is -0.146. The van der Waals surface area contributed by atoms with Crippen molar-refractivity contribution < 1.29 is 19.5 Å². The fourth-order valence-corrected chi connectivity index (χ4v) is 10.3. The molecule has 3 fully saturated rings. The summed E-state index contributed by atoms with van der Waals surface area (Å²) < 4.78 is -0.752. The Bertz CT molecular complexity index is 1090. The number of nitrogens with zero attached hydrogens (tertiary/aromatic N) is 3. The van der Waals surface area contributed by atoms with Crippen molar-refractivity contribution in [2.45, 2.75) is 59.5 Å². The van der Waals surface area contributed by atoms with E-state index in [1.165, 1.54) is 0 Å². The van der Waals surface area contributed by atoms with Crippen molar-refractivity contribution in [3.05, 3.63) is 61.2 Å². The van der Waals surface area contributed by atoms with E-state index in [9.17, 15) is 19.5 Å². The maximum absolute atomic E-state index is 14.5. The second-order valence-corrected chi connectivity index (χ2v) is 13.6. The zero-order valence-corrected chi connectivity index (χ0v) is 25.3. The molecule has 1 N–H and O–H groups in total. The maximum Gasteiger partial charge on any atom is 0.247 e. The molecule has 1 spiro atoms. The highest BCUT2D eigenvalue weighted by Gasteiger charge is 2.76. The summed E-state index contributed by atoms with van der Waals surface area (Å²) >= 11 is 5.45. The van der Waals surface area contributed by atoms with Gasteiger partial charge in [0.1, 0.15) is 6.04 Å². The number of thioether (sulfide) groups is 1. The van der Waals surface area contributed by atoms with Crippen LogP contribution < -0.4 is 0 Å². The van der Waals surface area contributed by atoms with E-state index in [2.05, 4.69) is 36.0 Å². The lowest BCUT2D eigenvalue weighted by Gasteiger charge is -2.40. The highest BCUT2D eigenvalue weighted by atomic mass is 79.9. The number of benzene rings is 1. The fraction of sp³-hybridized carbons (Fsp3) is 0.567. The molecule has 3 aliphatic heterocycles. The third kappa shape index (κ3) is 5.34. The molecule has 7 atom stereocenters. The summed E-state index contributed by atoms with van der Waals surface area (Å²) in [4.78, 5) is 47.8. The number of halogens is 1. The Balaban J connectivity index is 1.80. The summed E-state index contributed by atoms with van der Waals surface area (Å²) in [6.45, 7) is 10.8. The van der Waals surface area contributed by atoms with E-state index >= 15 is 0 Å². The van der Waals surface area contributed by atoms with Gasteiger partial charge in [0.2, 0.25) is 17.7 Å². The SMILES string of the molecule is C=CCN(C)C(=O)[C@H]1[C@H]2C(=O)N([C@@H](CO)Cc3ccccc3)C(C(=O)N(CC=C)CCCC)C23CC(Br)[C@@H]1S3. The third-order valence-electron chi connectivity index (χ3n) is 8.39. The van der Waals surface area contributed by atoms with Gasteiger partial charge in [0, 0.05) is 36.8 Å². The lowest BCUT2D eigenvalue weighted by atomic mass is 9.70. The molecule has 0 saturated carbocycles. The van der Waals surface area contributed by atoms with E-state index < -0.39 is 28.7 Å². The zero-order chi connectivity index (χ0) is 28.3. The number of alkyl halides is 1. The number of unbranched alkanes of at least 4 members (excludes halogenated alkanes) is 1. The van der Waals surface area contributed by atoms with Gasteiger partial charge in [-0.2, -0.15) is 0 Å². The van der Waals surface area contributed by atoms with Crippen LogP contribution in [0.1, 0.15) is 31.7 Å². The number of rotatable bonds is 13. The average Bonchev–Trinajstić information content (AvgIpc) is 3.53. The van der Waals surface area contributed by atoms with E-state index in [0.29, 0.717) is 32.5 Å². The van der Waals surface area contributed by atoms with Gasteiger partial charge in [-0.1, -0.05) is 71.8 Å². The summed E-state index contributed by atoms with van der Waals surface area (Å²) in [5.41, 5.74) is 0.979. The largest absolute Gasteiger partial charge is 0.394 e. The summed E-state index contributed by atoms with van der Waals surface area (Å²) in [7, 11) is 1.74. The van der Waals surface area contributed by atoms with Crippen LogP contribution in [-0.2, 0) is 20.8 Å². The molecule has 1 aromatic carbocycles. The monoisotopic (exact) mass is 617 g/mol. The smallest absolute Gasteiger partial charge is 0.247 e. The van der Waals surface area contributed by atoms with Crippen molar-refractivity contribution >= 4 is 45.4 Å². The van der Waals surface area contributed by atoms with Gasteiger partial charge < -0.3 is 19.8 Å². The number of aliphatic hydroxyl groups is 1. The van der Waals surface area contributed by atoms with Gasteiger partial charge in [0.25, 0.3) is 0 Å². The Morgan fingerprint density at radius 1 is 1.23 bits per heavy atom. The number of likely N-dealkylation sites (tertiary alicyclic amines) is 1. The van der Waals surface area contributed by atoms with Gasteiger partial charge in [-0.15, -0.1) is 24.9 Å². The predicted molar refractivity (Wildman–Crippen MR) is 160 cm³/mol. The van der Waals surface area contributed by atoms with Crippen LogP contribution in [0.2, 0.25) is 0 Å². The van der Waals surface area contributed by atoms with Gasteiger partial charge >= 0.3 is 0 Å². The van der Waals surface area contributed by atoms with Crippen LogP contribution in [0.5, 0.6) is 0 Å². The molecular formula is C30H40BrN3O4S. The molecular weight excluding hydrogens is 578 g/mol. The Labute approximate surface area is 244 Å². The normalized spacial score (nSPS) is 29.7. The molecule has 1 aromatic rings. The molecule has 7 nitrogen and oxygen atoms in total. The van der Waals surface area contributed by atoms with Crippen LogP contribution in [0.3, 0.4) is 0 Å². The van der Waals surface area contributed by atoms with Crippen molar-refractivity contribution in [1.29, 1.82) is 0 Å². The summed E-state index contributed by atoms with van der Waals surface area (Å²) in [5, 5.41) is 10.5. The lowest BCUT2D eigenvalue weighted by Crippen LogP contribution is -2.58. The van der Waals surface area contributed by atoms with Crippen molar-refractivity contribution in [3.63, 3.8) is 0 Å². The van der Waals surface area contributed by atoms with Crippen LogP contribution in [-0.4, -0.2) is 97.7 Å². The molecule has 3 heterocycles. The quantitative estimate of drug-likeness (QED) is 0.271. The minimum Gasteiger partial charge on any atom is -0.394 e. The molecule has 3 amide bonds. The number of hydrogen-bond donors (Lipinski definition) is 1. The molecule has 3 saturated heterocycles.